The summed E-state index contributed by atoms with van der Waals surface area (Å²) in [6.07, 6.45) is 4.59. The molecule has 3 rings (SSSR count). The van der Waals surface area contributed by atoms with Crippen LogP contribution in [-0.2, 0) is 11.2 Å². The Morgan fingerprint density at radius 2 is 1.85 bits per heavy atom. The van der Waals surface area contributed by atoms with Gasteiger partial charge in [0, 0.05) is 29.2 Å². The van der Waals surface area contributed by atoms with Gasteiger partial charge < -0.3 is 10.3 Å². The lowest BCUT2D eigenvalue weighted by Gasteiger charge is -2.19. The summed E-state index contributed by atoms with van der Waals surface area (Å²) in [7, 11) is 0. The third-order valence-corrected chi connectivity index (χ3v) is 4.90. The molecule has 26 heavy (non-hydrogen) atoms. The van der Waals surface area contributed by atoms with Crippen molar-refractivity contribution in [2.75, 3.05) is 5.32 Å². The topological polar surface area (TPSA) is 44.9 Å². The first-order chi connectivity index (χ1) is 12.6. The van der Waals surface area contributed by atoms with Gasteiger partial charge in [-0.3, -0.25) is 4.79 Å². The molecule has 1 atom stereocenters. The molecule has 0 saturated heterocycles. The van der Waals surface area contributed by atoms with E-state index in [2.05, 4.69) is 55.5 Å². The maximum atomic E-state index is 12.6. The van der Waals surface area contributed by atoms with E-state index in [1.54, 1.807) is 0 Å². The zero-order valence-electron chi connectivity index (χ0n) is 15.9. The summed E-state index contributed by atoms with van der Waals surface area (Å²) in [5, 5.41) is 4.28. The van der Waals surface area contributed by atoms with Crippen molar-refractivity contribution in [2.45, 2.75) is 46.0 Å². The van der Waals surface area contributed by atoms with Crippen LogP contribution in [0.15, 0.2) is 54.7 Å². The molecular formula is C23H28N2O. The van der Waals surface area contributed by atoms with Crippen LogP contribution in [0.2, 0.25) is 0 Å². The quantitative estimate of drug-likeness (QED) is 0.549. The zero-order valence-corrected chi connectivity index (χ0v) is 15.9. The number of rotatable bonds is 7. The molecule has 1 amide bonds. The molecule has 0 saturated carbocycles. The number of aromatic nitrogens is 1. The van der Waals surface area contributed by atoms with Gasteiger partial charge in [0.15, 0.2) is 0 Å². The van der Waals surface area contributed by atoms with Gasteiger partial charge in [0.25, 0.3) is 0 Å². The third kappa shape index (κ3) is 4.16. The fraction of sp³-hybridized carbons (Fsp3) is 0.348. The van der Waals surface area contributed by atoms with E-state index in [0.29, 0.717) is 12.3 Å². The zero-order chi connectivity index (χ0) is 18.5. The Morgan fingerprint density at radius 1 is 1.08 bits per heavy atom. The molecule has 0 radical (unpaired) electrons. The van der Waals surface area contributed by atoms with Gasteiger partial charge in [0.05, 0.1) is 0 Å². The first-order valence-electron chi connectivity index (χ1n) is 9.52. The second-order valence-electron chi connectivity index (χ2n) is 7.38. The molecule has 0 aliphatic rings. The van der Waals surface area contributed by atoms with Crippen molar-refractivity contribution in [3.05, 3.63) is 65.9 Å². The second kappa shape index (κ2) is 8.22. The van der Waals surface area contributed by atoms with Crippen molar-refractivity contribution >= 4 is 22.5 Å². The summed E-state index contributed by atoms with van der Waals surface area (Å²) >= 11 is 0. The number of H-pyrrole nitrogens is 1. The number of hydrogen-bond donors (Lipinski definition) is 2. The average molecular weight is 348 g/mol. The number of nitrogens with one attached hydrogen (secondary N) is 2. The molecule has 3 heteroatoms. The van der Waals surface area contributed by atoms with Gasteiger partial charge >= 0.3 is 0 Å². The normalized spacial score (nSPS) is 12.5. The highest BCUT2D eigenvalue weighted by molar-refractivity contribution is 5.92. The van der Waals surface area contributed by atoms with Crippen molar-refractivity contribution in [3.8, 4) is 0 Å². The number of anilines is 1. The minimum atomic E-state index is 0.0721. The Morgan fingerprint density at radius 3 is 2.54 bits per heavy atom. The Balaban J connectivity index is 1.85. The van der Waals surface area contributed by atoms with Gasteiger partial charge in [0.2, 0.25) is 5.91 Å². The molecule has 0 aliphatic carbocycles. The molecule has 3 aromatic rings. The molecule has 3 nitrogen and oxygen atoms in total. The molecule has 2 N–H and O–H groups in total. The molecule has 136 valence electrons. The summed E-state index contributed by atoms with van der Waals surface area (Å²) in [5.41, 5.74) is 4.65. The summed E-state index contributed by atoms with van der Waals surface area (Å²) in [6.45, 7) is 6.61. The van der Waals surface area contributed by atoms with Crippen LogP contribution in [0.1, 0.15) is 50.7 Å². The van der Waals surface area contributed by atoms with Crippen LogP contribution in [0.3, 0.4) is 0 Å². The lowest BCUT2D eigenvalue weighted by molar-refractivity contribution is -0.116. The van der Waals surface area contributed by atoms with Gasteiger partial charge in [-0.2, -0.15) is 0 Å². The number of hydrogen-bond acceptors (Lipinski definition) is 1. The highest BCUT2D eigenvalue weighted by atomic mass is 16.1. The number of carbonyl (C=O) groups excluding carboxylic acids is 1. The van der Waals surface area contributed by atoms with Crippen LogP contribution >= 0.6 is 0 Å². The van der Waals surface area contributed by atoms with E-state index >= 15 is 0 Å². The monoisotopic (exact) mass is 348 g/mol. The molecule has 1 heterocycles. The highest BCUT2D eigenvalue weighted by Crippen LogP contribution is 2.34. The minimum absolute atomic E-state index is 0.0721. The molecule has 2 aromatic carbocycles. The van der Waals surface area contributed by atoms with Crippen molar-refractivity contribution < 1.29 is 4.79 Å². The van der Waals surface area contributed by atoms with E-state index in [4.69, 9.17) is 0 Å². The molecule has 0 bridgehead atoms. The largest absolute Gasteiger partial charge is 0.361 e. The predicted octanol–water partition coefficient (Wildman–Crippen LogP) is 5.89. The number of benzene rings is 2. The van der Waals surface area contributed by atoms with Crippen molar-refractivity contribution in [2.24, 2.45) is 5.92 Å². The standard InChI is InChI=1S/C23H28N2O/c1-4-17-9-8-12-20-21(15-24-23(17)20)18(13-16(2)3)14-22(26)25-19-10-6-5-7-11-19/h5-12,15-16,18,24H,4,13-14H2,1-3H3,(H,25,26)/t18-/m1/s1. The van der Waals surface area contributed by atoms with Crippen LogP contribution in [0.4, 0.5) is 5.69 Å². The Labute approximate surface area is 155 Å². The third-order valence-electron chi connectivity index (χ3n) is 4.90. The van der Waals surface area contributed by atoms with Gasteiger partial charge in [0.1, 0.15) is 0 Å². The first kappa shape index (κ1) is 18.2. The smallest absolute Gasteiger partial charge is 0.224 e. The van der Waals surface area contributed by atoms with Crippen LogP contribution < -0.4 is 5.32 Å². The van der Waals surface area contributed by atoms with Crippen molar-refractivity contribution in [3.63, 3.8) is 0 Å². The second-order valence-corrected chi connectivity index (χ2v) is 7.38. The number of fused-ring (bicyclic) bond motifs is 1. The number of aromatic amines is 1. The van der Waals surface area contributed by atoms with E-state index in [0.717, 1.165) is 18.5 Å². The van der Waals surface area contributed by atoms with Gasteiger partial charge in [-0.05, 0) is 47.9 Å². The Hall–Kier alpha value is -2.55. The molecule has 0 spiro atoms. The van der Waals surface area contributed by atoms with Gasteiger partial charge in [-0.1, -0.05) is 57.2 Å². The molecule has 1 aromatic heterocycles. The SMILES string of the molecule is CCc1cccc2c([C@@H](CC(=O)Nc3ccccc3)CC(C)C)c[nH]c12. The minimum Gasteiger partial charge on any atom is -0.361 e. The van der Waals surface area contributed by atoms with Gasteiger partial charge in [-0.15, -0.1) is 0 Å². The number of para-hydroxylation sites is 2. The lowest BCUT2D eigenvalue weighted by Crippen LogP contribution is -2.16. The van der Waals surface area contributed by atoms with Crippen LogP contribution in [0.5, 0.6) is 0 Å². The van der Waals surface area contributed by atoms with Gasteiger partial charge in [-0.25, -0.2) is 0 Å². The number of carbonyl (C=O) groups is 1. The Kier molecular flexibility index (Phi) is 5.77. The summed E-state index contributed by atoms with van der Waals surface area (Å²) in [5.74, 6) is 0.811. The van der Waals surface area contributed by atoms with E-state index in [1.165, 1.54) is 22.0 Å². The lowest BCUT2D eigenvalue weighted by atomic mass is 9.87. The average Bonchev–Trinajstić information content (AvgIpc) is 3.05. The number of amides is 1. The summed E-state index contributed by atoms with van der Waals surface area (Å²) in [6, 6.07) is 16.1. The van der Waals surface area contributed by atoms with E-state index in [1.807, 2.05) is 30.3 Å². The van der Waals surface area contributed by atoms with Crippen LogP contribution in [-0.4, -0.2) is 10.9 Å². The fourth-order valence-electron chi connectivity index (χ4n) is 3.72. The molecule has 0 fully saturated rings. The summed E-state index contributed by atoms with van der Waals surface area (Å²) in [4.78, 5) is 16.1. The maximum Gasteiger partial charge on any atom is 0.224 e. The van der Waals surface area contributed by atoms with Crippen LogP contribution in [0, 0.1) is 5.92 Å². The molecular weight excluding hydrogens is 320 g/mol. The maximum absolute atomic E-state index is 12.6. The van der Waals surface area contributed by atoms with Crippen LogP contribution in [0.25, 0.3) is 10.9 Å². The highest BCUT2D eigenvalue weighted by Gasteiger charge is 2.21. The van der Waals surface area contributed by atoms with E-state index in [-0.39, 0.29) is 11.8 Å². The van der Waals surface area contributed by atoms with Crippen molar-refractivity contribution in [1.29, 1.82) is 0 Å². The predicted molar refractivity (Wildman–Crippen MR) is 110 cm³/mol. The Bertz CT molecular complexity index is 864. The first-order valence-corrected chi connectivity index (χ1v) is 9.52. The fourth-order valence-corrected chi connectivity index (χ4v) is 3.72. The number of aryl methyl sites for hydroxylation is 1. The van der Waals surface area contributed by atoms with Crippen molar-refractivity contribution in [1.82, 2.24) is 4.98 Å². The summed E-state index contributed by atoms with van der Waals surface area (Å²) < 4.78 is 0. The van der Waals surface area contributed by atoms with E-state index in [9.17, 15) is 4.79 Å². The molecule has 0 unspecified atom stereocenters. The molecule has 0 aliphatic heterocycles. The van der Waals surface area contributed by atoms with E-state index < -0.39 is 0 Å².